The Morgan fingerprint density at radius 3 is 2.28 bits per heavy atom. The second-order valence-electron chi connectivity index (χ2n) is 3.78. The Bertz CT molecular complexity index is 360. The van der Waals surface area contributed by atoms with E-state index in [9.17, 15) is 18.0 Å². The Balaban J connectivity index is 3.71. The summed E-state index contributed by atoms with van der Waals surface area (Å²) < 4.78 is 31.8. The van der Waals surface area contributed by atoms with Gasteiger partial charge in [0.25, 0.3) is 0 Å². The van der Waals surface area contributed by atoms with Crippen molar-refractivity contribution in [3.8, 4) is 0 Å². The van der Waals surface area contributed by atoms with Crippen molar-refractivity contribution in [2.24, 2.45) is 0 Å². The summed E-state index contributed by atoms with van der Waals surface area (Å²) >= 11 is 0. The molecule has 0 saturated carbocycles. The van der Waals surface area contributed by atoms with Crippen LogP contribution in [0.5, 0.6) is 0 Å². The topological polar surface area (TPSA) is 86.7 Å². The number of hydrogen-bond donors (Lipinski definition) is 0. The van der Waals surface area contributed by atoms with Crippen molar-refractivity contribution in [2.45, 2.75) is 32.6 Å². The lowest BCUT2D eigenvalue weighted by molar-refractivity contribution is -0.143. The van der Waals surface area contributed by atoms with E-state index in [-0.39, 0.29) is 11.7 Å². The zero-order valence-corrected chi connectivity index (χ0v) is 11.6. The van der Waals surface area contributed by atoms with Crippen molar-refractivity contribution < 1.29 is 27.5 Å². The van der Waals surface area contributed by atoms with Crippen LogP contribution in [0, 0.1) is 0 Å². The van der Waals surface area contributed by atoms with E-state index in [1.54, 1.807) is 6.92 Å². The van der Waals surface area contributed by atoms with Gasteiger partial charge in [-0.3, -0.25) is 9.59 Å². The number of sulfone groups is 1. The summed E-state index contributed by atoms with van der Waals surface area (Å²) in [5, 5.41) is 0. The van der Waals surface area contributed by atoms with Crippen LogP contribution in [0.15, 0.2) is 0 Å². The van der Waals surface area contributed by atoms with E-state index in [1.165, 1.54) is 0 Å². The summed E-state index contributed by atoms with van der Waals surface area (Å²) in [6.45, 7) is 2.09. The molecule has 18 heavy (non-hydrogen) atoms. The highest BCUT2D eigenvalue weighted by molar-refractivity contribution is 7.92. The number of unbranched alkanes of at least 4 members (excludes halogenated alkanes) is 2. The zero-order valence-electron chi connectivity index (χ0n) is 10.8. The number of rotatable bonds is 9. The fourth-order valence-electron chi connectivity index (χ4n) is 1.31. The number of ether oxygens (including phenoxy) is 2. The van der Waals surface area contributed by atoms with Gasteiger partial charge in [0.05, 0.1) is 19.5 Å². The van der Waals surface area contributed by atoms with Gasteiger partial charge in [0.2, 0.25) is 0 Å². The molecule has 0 unspecified atom stereocenters. The normalized spacial score (nSPS) is 11.0. The summed E-state index contributed by atoms with van der Waals surface area (Å²) in [5.41, 5.74) is 0. The molecule has 0 radical (unpaired) electrons. The number of esters is 2. The van der Waals surface area contributed by atoms with Crippen LogP contribution in [-0.4, -0.2) is 45.6 Å². The average molecular weight is 280 g/mol. The van der Waals surface area contributed by atoms with Gasteiger partial charge in [-0.25, -0.2) is 8.42 Å². The molecule has 0 saturated heterocycles. The zero-order chi connectivity index (χ0) is 14.0. The van der Waals surface area contributed by atoms with Crippen molar-refractivity contribution in [3.05, 3.63) is 0 Å². The molecule has 0 atom stereocenters. The van der Waals surface area contributed by atoms with Crippen LogP contribution < -0.4 is 0 Å². The van der Waals surface area contributed by atoms with Gasteiger partial charge in [-0.05, 0) is 19.8 Å². The molecule has 6 nitrogen and oxygen atoms in total. The van der Waals surface area contributed by atoms with Gasteiger partial charge >= 0.3 is 11.9 Å². The summed E-state index contributed by atoms with van der Waals surface area (Å²) in [6.07, 6.45) is 1.93. The van der Waals surface area contributed by atoms with E-state index in [1.807, 2.05) is 0 Å². The van der Waals surface area contributed by atoms with Crippen molar-refractivity contribution in [2.75, 3.05) is 25.2 Å². The van der Waals surface area contributed by atoms with Gasteiger partial charge in [0.1, 0.15) is 5.75 Å². The van der Waals surface area contributed by atoms with Crippen molar-refractivity contribution in [3.63, 3.8) is 0 Å². The van der Waals surface area contributed by atoms with E-state index in [0.717, 1.165) is 7.11 Å². The minimum atomic E-state index is -3.39. The maximum atomic E-state index is 11.4. The fraction of sp³-hybridized carbons (Fsp3) is 0.818. The molecule has 7 heteroatoms. The van der Waals surface area contributed by atoms with Gasteiger partial charge in [0.15, 0.2) is 9.84 Å². The summed E-state index contributed by atoms with van der Waals surface area (Å²) in [7, 11) is -2.24. The predicted molar refractivity (Wildman–Crippen MR) is 65.8 cm³/mol. The molecule has 0 aliphatic carbocycles. The Hall–Kier alpha value is -1.11. The van der Waals surface area contributed by atoms with E-state index in [2.05, 4.69) is 4.74 Å². The summed E-state index contributed by atoms with van der Waals surface area (Å²) in [4.78, 5) is 21.8. The minimum Gasteiger partial charge on any atom is -0.468 e. The van der Waals surface area contributed by atoms with E-state index >= 15 is 0 Å². The van der Waals surface area contributed by atoms with Crippen LogP contribution in [0.4, 0.5) is 0 Å². The maximum Gasteiger partial charge on any atom is 0.320 e. The van der Waals surface area contributed by atoms with Gasteiger partial charge in [0, 0.05) is 6.42 Å². The quantitative estimate of drug-likeness (QED) is 0.456. The monoisotopic (exact) mass is 280 g/mol. The Morgan fingerprint density at radius 2 is 1.72 bits per heavy atom. The average Bonchev–Trinajstić information content (AvgIpc) is 2.28. The molecule has 0 N–H and O–H groups in total. The van der Waals surface area contributed by atoms with Crippen LogP contribution in [0.2, 0.25) is 0 Å². The first-order valence-electron chi connectivity index (χ1n) is 5.84. The second kappa shape index (κ2) is 8.91. The molecule has 0 spiro atoms. The first kappa shape index (κ1) is 16.9. The first-order chi connectivity index (χ1) is 8.41. The number of hydrogen-bond acceptors (Lipinski definition) is 6. The highest BCUT2D eigenvalue weighted by atomic mass is 32.2. The molecule has 0 bridgehead atoms. The molecule has 0 aromatic carbocycles. The minimum absolute atomic E-state index is 0.0646. The summed E-state index contributed by atoms with van der Waals surface area (Å²) in [6, 6.07) is 0. The fourth-order valence-corrected chi connectivity index (χ4v) is 2.58. The van der Waals surface area contributed by atoms with Crippen LogP contribution in [0.25, 0.3) is 0 Å². The van der Waals surface area contributed by atoms with Gasteiger partial charge < -0.3 is 9.47 Å². The molecule has 0 heterocycles. The number of carbonyl (C=O) groups is 2. The van der Waals surface area contributed by atoms with E-state index < -0.39 is 21.6 Å². The second-order valence-corrected chi connectivity index (χ2v) is 5.97. The third-order valence-electron chi connectivity index (χ3n) is 2.21. The van der Waals surface area contributed by atoms with Gasteiger partial charge in [-0.1, -0.05) is 6.42 Å². The highest BCUT2D eigenvalue weighted by Gasteiger charge is 2.16. The smallest absolute Gasteiger partial charge is 0.320 e. The predicted octanol–water partition coefficient (Wildman–Crippen LogP) is 0.698. The molecule has 106 valence electrons. The van der Waals surface area contributed by atoms with E-state index in [0.29, 0.717) is 32.3 Å². The molecule has 0 aromatic rings. The molecular formula is C11H20O6S. The SMILES string of the molecule is CCOC(=O)CCCCCS(=O)(=O)CC(=O)OC. The lowest BCUT2D eigenvalue weighted by Gasteiger charge is -2.03. The molecule has 0 fully saturated rings. The van der Waals surface area contributed by atoms with E-state index in [4.69, 9.17) is 4.74 Å². The lowest BCUT2D eigenvalue weighted by Crippen LogP contribution is -2.19. The first-order valence-corrected chi connectivity index (χ1v) is 7.66. The van der Waals surface area contributed by atoms with Gasteiger partial charge in [-0.15, -0.1) is 0 Å². The Labute approximate surface area is 108 Å². The Kier molecular flexibility index (Phi) is 8.36. The summed E-state index contributed by atoms with van der Waals surface area (Å²) in [5.74, 6) is -1.66. The van der Waals surface area contributed by atoms with Crippen LogP contribution in [0.1, 0.15) is 32.6 Å². The molecule has 0 aliphatic rings. The van der Waals surface area contributed by atoms with Crippen molar-refractivity contribution in [1.82, 2.24) is 0 Å². The largest absolute Gasteiger partial charge is 0.468 e. The molecular weight excluding hydrogens is 260 g/mol. The number of methoxy groups -OCH3 is 1. The lowest BCUT2D eigenvalue weighted by atomic mass is 10.2. The third kappa shape index (κ3) is 8.98. The maximum absolute atomic E-state index is 11.4. The molecule has 0 amide bonds. The molecule has 0 rings (SSSR count). The number of carbonyl (C=O) groups excluding carboxylic acids is 2. The van der Waals surface area contributed by atoms with Gasteiger partial charge in [-0.2, -0.15) is 0 Å². The molecule has 0 aliphatic heterocycles. The highest BCUT2D eigenvalue weighted by Crippen LogP contribution is 2.04. The van der Waals surface area contributed by atoms with Crippen LogP contribution in [-0.2, 0) is 28.9 Å². The Morgan fingerprint density at radius 1 is 1.06 bits per heavy atom. The van der Waals surface area contributed by atoms with Crippen molar-refractivity contribution in [1.29, 1.82) is 0 Å². The third-order valence-corrected chi connectivity index (χ3v) is 3.79. The molecule has 0 aromatic heterocycles. The van der Waals surface area contributed by atoms with Crippen LogP contribution in [0.3, 0.4) is 0 Å². The van der Waals surface area contributed by atoms with Crippen LogP contribution >= 0.6 is 0 Å². The standard InChI is InChI=1S/C11H20O6S/c1-3-17-10(12)7-5-4-6-8-18(14,15)9-11(13)16-2/h3-9H2,1-2H3. The van der Waals surface area contributed by atoms with Crippen molar-refractivity contribution >= 4 is 21.8 Å².